The van der Waals surface area contributed by atoms with Crippen LogP contribution < -0.4 is 0 Å². The largest absolute Gasteiger partial charge is 0.393 e. The van der Waals surface area contributed by atoms with Gasteiger partial charge in [-0.2, -0.15) is 0 Å². The second-order valence-corrected chi connectivity index (χ2v) is 13.6. The Hall–Kier alpha value is -0.0800. The van der Waals surface area contributed by atoms with Crippen LogP contribution in [0, 0.1) is 52.3 Å². The topological polar surface area (TPSA) is 40.5 Å². The van der Waals surface area contributed by atoms with Crippen LogP contribution in [0.3, 0.4) is 0 Å². The van der Waals surface area contributed by atoms with Crippen LogP contribution in [0.1, 0.15) is 125 Å². The van der Waals surface area contributed by atoms with E-state index in [1.165, 1.54) is 57.8 Å². The molecule has 10 atom stereocenters. The molecule has 0 amide bonds. The van der Waals surface area contributed by atoms with E-state index in [2.05, 4.69) is 41.5 Å². The zero-order valence-electron chi connectivity index (χ0n) is 22.2. The number of rotatable bonds is 7. The first-order chi connectivity index (χ1) is 15.1. The molecule has 0 aromatic carbocycles. The van der Waals surface area contributed by atoms with Gasteiger partial charge >= 0.3 is 0 Å². The molecule has 0 bridgehead atoms. The van der Waals surface area contributed by atoms with Crippen LogP contribution in [-0.2, 0) is 0 Å². The second kappa shape index (κ2) is 9.18. The van der Waals surface area contributed by atoms with E-state index in [0.29, 0.717) is 16.7 Å². The van der Waals surface area contributed by atoms with Crippen molar-refractivity contribution in [2.75, 3.05) is 0 Å². The molecule has 2 heteroatoms. The van der Waals surface area contributed by atoms with E-state index < -0.39 is 0 Å². The molecule has 0 aromatic rings. The van der Waals surface area contributed by atoms with Crippen molar-refractivity contribution < 1.29 is 10.2 Å². The zero-order chi connectivity index (χ0) is 23.3. The molecule has 4 aliphatic rings. The molecule has 4 fully saturated rings. The Labute approximate surface area is 199 Å². The lowest BCUT2D eigenvalue weighted by atomic mass is 9.43. The van der Waals surface area contributed by atoms with Crippen LogP contribution in [0.15, 0.2) is 0 Å². The molecular formula is C30H54O2. The summed E-state index contributed by atoms with van der Waals surface area (Å²) in [5, 5.41) is 21.5. The Kier molecular flexibility index (Phi) is 7.18. The predicted octanol–water partition coefficient (Wildman–Crippen LogP) is 7.61. The van der Waals surface area contributed by atoms with Crippen LogP contribution in [-0.4, -0.2) is 21.9 Å². The summed E-state index contributed by atoms with van der Waals surface area (Å²) in [5.74, 6) is 5.47. The van der Waals surface area contributed by atoms with E-state index in [4.69, 9.17) is 0 Å². The van der Waals surface area contributed by atoms with Gasteiger partial charge in [0.2, 0.25) is 0 Å². The van der Waals surface area contributed by atoms with E-state index >= 15 is 0 Å². The summed E-state index contributed by atoms with van der Waals surface area (Å²) in [4.78, 5) is 0. The molecular weight excluding hydrogens is 392 g/mol. The lowest BCUT2D eigenvalue weighted by Crippen LogP contribution is -2.56. The summed E-state index contributed by atoms with van der Waals surface area (Å²) in [6.45, 7) is 14.1. The monoisotopic (exact) mass is 446 g/mol. The number of aliphatic hydroxyl groups is 2. The summed E-state index contributed by atoms with van der Waals surface area (Å²) < 4.78 is 0. The van der Waals surface area contributed by atoms with Crippen molar-refractivity contribution in [3.05, 3.63) is 0 Å². The Morgan fingerprint density at radius 3 is 2.25 bits per heavy atom. The second-order valence-electron chi connectivity index (χ2n) is 13.6. The van der Waals surface area contributed by atoms with Crippen molar-refractivity contribution in [1.29, 1.82) is 0 Å². The van der Waals surface area contributed by atoms with Gasteiger partial charge in [0.1, 0.15) is 0 Å². The molecule has 186 valence electrons. The van der Waals surface area contributed by atoms with Crippen LogP contribution in [0.5, 0.6) is 0 Å². The highest BCUT2D eigenvalue weighted by atomic mass is 16.3. The number of aliphatic hydroxyl groups excluding tert-OH is 1. The van der Waals surface area contributed by atoms with Crippen LogP contribution in [0.4, 0.5) is 0 Å². The molecule has 0 saturated heterocycles. The van der Waals surface area contributed by atoms with E-state index in [1.807, 2.05) is 0 Å². The smallest absolute Gasteiger partial charge is 0.0648 e. The van der Waals surface area contributed by atoms with Gasteiger partial charge < -0.3 is 10.2 Å². The van der Waals surface area contributed by atoms with Crippen molar-refractivity contribution in [2.24, 2.45) is 52.3 Å². The van der Waals surface area contributed by atoms with Gasteiger partial charge in [0.25, 0.3) is 0 Å². The van der Waals surface area contributed by atoms with Gasteiger partial charge in [-0.05, 0) is 136 Å². The Bertz CT molecular complexity index is 645. The van der Waals surface area contributed by atoms with Crippen LogP contribution >= 0.6 is 0 Å². The minimum absolute atomic E-state index is 0.133. The molecule has 0 heterocycles. The molecule has 0 aromatic heterocycles. The average molecular weight is 447 g/mol. The summed E-state index contributed by atoms with van der Waals surface area (Å²) >= 11 is 0. The first-order valence-corrected chi connectivity index (χ1v) is 14.5. The molecule has 4 rings (SSSR count). The summed E-state index contributed by atoms with van der Waals surface area (Å²) in [6, 6.07) is 0. The zero-order valence-corrected chi connectivity index (χ0v) is 22.2. The van der Waals surface area contributed by atoms with Gasteiger partial charge in [-0.1, -0.05) is 41.5 Å². The minimum atomic E-state index is -0.382. The summed E-state index contributed by atoms with van der Waals surface area (Å²) in [7, 11) is 0. The highest BCUT2D eigenvalue weighted by molar-refractivity contribution is 5.11. The van der Waals surface area contributed by atoms with Crippen molar-refractivity contribution in [1.82, 2.24) is 0 Å². The Morgan fingerprint density at radius 2 is 1.59 bits per heavy atom. The van der Waals surface area contributed by atoms with Gasteiger partial charge in [0.05, 0.1) is 11.7 Å². The van der Waals surface area contributed by atoms with Gasteiger partial charge in [-0.25, -0.2) is 0 Å². The highest BCUT2D eigenvalue weighted by Crippen LogP contribution is 2.70. The molecule has 0 spiro atoms. The molecule has 4 saturated carbocycles. The minimum Gasteiger partial charge on any atom is -0.393 e. The predicted molar refractivity (Wildman–Crippen MR) is 134 cm³/mol. The van der Waals surface area contributed by atoms with E-state index in [0.717, 1.165) is 61.2 Å². The maximum Gasteiger partial charge on any atom is 0.0648 e. The van der Waals surface area contributed by atoms with Crippen molar-refractivity contribution in [3.8, 4) is 0 Å². The quantitative estimate of drug-likeness (QED) is 0.422. The molecule has 3 unspecified atom stereocenters. The molecule has 0 aliphatic heterocycles. The normalized spacial score (nSPS) is 48.1. The Morgan fingerprint density at radius 1 is 0.844 bits per heavy atom. The highest BCUT2D eigenvalue weighted by Gasteiger charge is 2.62. The molecule has 32 heavy (non-hydrogen) atoms. The van der Waals surface area contributed by atoms with Gasteiger partial charge in [-0.15, -0.1) is 0 Å². The number of hydrogen-bond acceptors (Lipinski definition) is 2. The van der Waals surface area contributed by atoms with Gasteiger partial charge in [0, 0.05) is 0 Å². The SMILES string of the molecule is CC[C@]1(O)CC[C@]2(C)C3CC[C@@]4(CC)C(CC[C@@H]4[C@H](C)CC[C@@H](O)C(C)C)C3CC[C@H]2C1. The lowest BCUT2D eigenvalue weighted by molar-refractivity contribution is -0.156. The average Bonchev–Trinajstić information content (AvgIpc) is 3.18. The molecule has 0 radical (unpaired) electrons. The molecule has 2 N–H and O–H groups in total. The third-order valence-corrected chi connectivity index (χ3v) is 12.3. The fourth-order valence-corrected chi connectivity index (χ4v) is 10.0. The van der Waals surface area contributed by atoms with E-state index in [9.17, 15) is 10.2 Å². The molecule has 4 aliphatic carbocycles. The Balaban J connectivity index is 1.49. The van der Waals surface area contributed by atoms with E-state index in [1.54, 1.807) is 0 Å². The fraction of sp³-hybridized carbons (Fsp3) is 1.00. The third-order valence-electron chi connectivity index (χ3n) is 12.3. The fourth-order valence-electron chi connectivity index (χ4n) is 10.0. The van der Waals surface area contributed by atoms with E-state index in [-0.39, 0.29) is 11.7 Å². The molecule has 2 nitrogen and oxygen atoms in total. The standard InChI is InChI=1S/C30H54O2/c1-7-29(32)18-17-28(6)22(19-29)10-11-23-25(28)15-16-30(8-2)24(12-13-26(23)30)21(5)9-14-27(31)20(3)4/h20-27,31-32H,7-19H2,1-6H3/t21-,22+,23?,24-,25?,26?,27-,28+,29+,30-/m1/s1. The first kappa shape index (κ1) is 25.0. The number of fused-ring (bicyclic) bond motifs is 5. The number of hydrogen-bond donors (Lipinski definition) is 2. The summed E-state index contributed by atoms with van der Waals surface area (Å²) in [5.41, 5.74) is 0.647. The first-order valence-electron chi connectivity index (χ1n) is 14.5. The third kappa shape index (κ3) is 4.02. The van der Waals surface area contributed by atoms with Crippen molar-refractivity contribution in [2.45, 2.75) is 137 Å². The maximum atomic E-state index is 11.1. The maximum absolute atomic E-state index is 11.1. The van der Waals surface area contributed by atoms with Crippen LogP contribution in [0.25, 0.3) is 0 Å². The lowest BCUT2D eigenvalue weighted by Gasteiger charge is -2.63. The van der Waals surface area contributed by atoms with Crippen LogP contribution in [0.2, 0.25) is 0 Å². The summed E-state index contributed by atoms with van der Waals surface area (Å²) in [6.07, 6.45) is 16.2. The van der Waals surface area contributed by atoms with Gasteiger partial charge in [0.15, 0.2) is 0 Å². The van der Waals surface area contributed by atoms with Crippen molar-refractivity contribution >= 4 is 0 Å². The van der Waals surface area contributed by atoms with Crippen molar-refractivity contribution in [3.63, 3.8) is 0 Å². The van der Waals surface area contributed by atoms with Gasteiger partial charge in [-0.3, -0.25) is 0 Å².